The molecule has 0 N–H and O–H groups in total. The monoisotopic (exact) mass is 669 g/mol. The zero-order valence-electron chi connectivity index (χ0n) is 23.8. The van der Waals surface area contributed by atoms with E-state index in [0.717, 1.165) is 57.4 Å². The second-order valence-corrected chi connectivity index (χ2v) is 11.4. The quantitative estimate of drug-likeness (QED) is 0.108. The molecular formula is C32H29Cl2F4NO6. The van der Waals surface area contributed by atoms with E-state index in [0.29, 0.717) is 0 Å². The number of nitrogens with zero attached hydrogens (tertiary/aromatic N) is 1. The molecule has 0 aliphatic heterocycles. The lowest BCUT2D eigenvalue weighted by Gasteiger charge is -2.19. The van der Waals surface area contributed by atoms with Gasteiger partial charge in [0.05, 0.1) is 27.8 Å². The van der Waals surface area contributed by atoms with Crippen molar-refractivity contribution in [2.24, 2.45) is 0 Å². The third kappa shape index (κ3) is 8.73. The summed E-state index contributed by atoms with van der Waals surface area (Å²) in [4.78, 5) is 17.4. The summed E-state index contributed by atoms with van der Waals surface area (Å²) in [5.41, 5.74) is 0.209. The molecule has 3 aromatic rings. The molecule has 7 nitrogen and oxygen atoms in total. The molecule has 1 heterocycles. The Morgan fingerprint density at radius 3 is 1.69 bits per heavy atom. The highest BCUT2D eigenvalue weighted by atomic mass is 35.5. The third-order valence-corrected chi connectivity index (χ3v) is 8.00. The maximum Gasteiger partial charge on any atom is 0.387 e. The number of rotatable bonds is 12. The number of hydrogen-bond acceptors (Lipinski definition) is 7. The van der Waals surface area contributed by atoms with Crippen molar-refractivity contribution in [2.45, 2.75) is 76.8 Å². The number of halogens is 6. The number of ether oxygens (including phenoxy) is 5. The third-order valence-electron chi connectivity index (χ3n) is 7.40. The van der Waals surface area contributed by atoms with Gasteiger partial charge >= 0.3 is 19.2 Å². The van der Waals surface area contributed by atoms with Crippen LogP contribution in [0.3, 0.4) is 0 Å². The molecule has 0 amide bonds. The van der Waals surface area contributed by atoms with Crippen LogP contribution in [0.15, 0.2) is 48.8 Å². The minimum Gasteiger partial charge on any atom is -0.487 e. The van der Waals surface area contributed by atoms with E-state index in [9.17, 15) is 22.4 Å². The lowest BCUT2D eigenvalue weighted by Crippen LogP contribution is -2.14. The Hall–Kier alpha value is -3.70. The zero-order valence-corrected chi connectivity index (χ0v) is 25.3. The fourth-order valence-electron chi connectivity index (χ4n) is 5.26. The van der Waals surface area contributed by atoms with Crippen molar-refractivity contribution < 1.29 is 46.0 Å². The Balaban J connectivity index is 1.50. The van der Waals surface area contributed by atoms with Crippen molar-refractivity contribution in [3.05, 3.63) is 75.5 Å². The maximum absolute atomic E-state index is 13.4. The highest BCUT2D eigenvalue weighted by molar-refractivity contribution is 6.37. The molecule has 13 heteroatoms. The van der Waals surface area contributed by atoms with Crippen LogP contribution < -0.4 is 18.9 Å². The Bertz CT molecular complexity index is 1510. The largest absolute Gasteiger partial charge is 0.487 e. The van der Waals surface area contributed by atoms with E-state index in [1.165, 1.54) is 48.8 Å². The molecule has 1 aromatic heterocycles. The van der Waals surface area contributed by atoms with Crippen molar-refractivity contribution in [1.29, 1.82) is 0 Å². The number of benzene rings is 2. The summed E-state index contributed by atoms with van der Waals surface area (Å²) in [7, 11) is 0. The van der Waals surface area contributed by atoms with Gasteiger partial charge in [-0.15, -0.1) is 0 Å². The van der Waals surface area contributed by atoms with Crippen LogP contribution in [0.5, 0.6) is 23.0 Å². The number of pyridine rings is 1. The molecule has 2 aliphatic rings. The second kappa shape index (κ2) is 15.1. The molecule has 0 unspecified atom stereocenters. The summed E-state index contributed by atoms with van der Waals surface area (Å²) < 4.78 is 80.3. The summed E-state index contributed by atoms with van der Waals surface area (Å²) >= 11 is 12.6. The lowest BCUT2D eigenvalue weighted by atomic mass is 10.1. The predicted molar refractivity (Wildman–Crippen MR) is 159 cm³/mol. The molecule has 240 valence electrons. The maximum atomic E-state index is 13.4. The molecule has 0 radical (unpaired) electrons. The van der Waals surface area contributed by atoms with Gasteiger partial charge in [-0.2, -0.15) is 17.6 Å². The number of alkyl halides is 4. The average Bonchev–Trinajstić information content (AvgIpc) is 3.70. The summed E-state index contributed by atoms with van der Waals surface area (Å²) in [5, 5.41) is 0.227. The van der Waals surface area contributed by atoms with Crippen LogP contribution in [0.2, 0.25) is 10.0 Å². The topological polar surface area (TPSA) is 76.1 Å². The molecule has 2 saturated carbocycles. The number of aromatic nitrogens is 1. The molecule has 0 bridgehead atoms. The first-order chi connectivity index (χ1) is 21.7. The highest BCUT2D eigenvalue weighted by Gasteiger charge is 2.24. The number of carbonyl (C=O) groups is 1. The SMILES string of the molecule is O=C(O/C(=C\c1c(Cl)cncc1Cl)c1ccc(OC2CCCC2)c(OC(F)F)c1)c1ccc(OC2CCCC2)c(OC(F)F)c1. The van der Waals surface area contributed by atoms with Gasteiger partial charge in [0, 0.05) is 23.5 Å². The first-order valence-corrected chi connectivity index (χ1v) is 15.2. The summed E-state index contributed by atoms with van der Waals surface area (Å²) in [6, 6.07) is 7.96. The lowest BCUT2D eigenvalue weighted by molar-refractivity contribution is -0.0526. The average molecular weight is 670 g/mol. The van der Waals surface area contributed by atoms with E-state index < -0.39 is 19.2 Å². The molecule has 0 atom stereocenters. The molecule has 5 rings (SSSR count). The van der Waals surface area contributed by atoms with Gasteiger partial charge in [0.1, 0.15) is 5.76 Å². The van der Waals surface area contributed by atoms with Gasteiger partial charge in [-0.05, 0) is 93.8 Å². The van der Waals surface area contributed by atoms with Crippen molar-refractivity contribution >= 4 is 41.0 Å². The zero-order chi connectivity index (χ0) is 31.9. The molecule has 2 aromatic carbocycles. The molecule has 45 heavy (non-hydrogen) atoms. The molecular weight excluding hydrogens is 641 g/mol. The summed E-state index contributed by atoms with van der Waals surface area (Å²) in [6.07, 6.45) is 10.6. The van der Waals surface area contributed by atoms with Gasteiger partial charge in [0.25, 0.3) is 0 Å². The van der Waals surface area contributed by atoms with E-state index in [1.54, 1.807) is 0 Å². The van der Waals surface area contributed by atoms with Gasteiger partial charge in [0.2, 0.25) is 0 Å². The van der Waals surface area contributed by atoms with Gasteiger partial charge in [-0.3, -0.25) is 4.98 Å². The van der Waals surface area contributed by atoms with Crippen LogP contribution in [-0.4, -0.2) is 36.4 Å². The number of carbonyl (C=O) groups excluding carboxylic acids is 1. The van der Waals surface area contributed by atoms with Gasteiger partial charge < -0.3 is 23.7 Å². The van der Waals surface area contributed by atoms with Crippen molar-refractivity contribution in [1.82, 2.24) is 4.98 Å². The fourth-order valence-corrected chi connectivity index (χ4v) is 5.73. The molecule has 0 spiro atoms. The first kappa shape index (κ1) is 32.7. The second-order valence-electron chi connectivity index (χ2n) is 10.5. The predicted octanol–water partition coefficient (Wildman–Crippen LogP) is 9.59. The fraction of sp³-hybridized carbons (Fsp3) is 0.375. The van der Waals surface area contributed by atoms with Gasteiger partial charge in [-0.25, -0.2) is 4.79 Å². The van der Waals surface area contributed by atoms with Crippen LogP contribution >= 0.6 is 23.2 Å². The Labute approximate surface area is 267 Å². The number of esters is 1. The van der Waals surface area contributed by atoms with Crippen LogP contribution in [0.25, 0.3) is 11.8 Å². The standard InChI is InChI=1S/C32H29Cl2F4NO6/c33-23-16-39-17-24(34)22(23)15-27(18-9-11-25(28(13-18)44-31(35)36)41-20-5-1-2-6-20)43-30(40)19-10-12-26(29(14-19)45-32(37)38)42-21-7-3-4-8-21/h9-17,20-21,31-32H,1-8H2/b27-15-. The van der Waals surface area contributed by atoms with Crippen molar-refractivity contribution in [3.8, 4) is 23.0 Å². The van der Waals surface area contributed by atoms with E-state index in [-0.39, 0.29) is 67.7 Å². The minimum atomic E-state index is -3.17. The smallest absolute Gasteiger partial charge is 0.387 e. The highest BCUT2D eigenvalue weighted by Crippen LogP contribution is 2.38. The van der Waals surface area contributed by atoms with Crippen LogP contribution in [0, 0.1) is 0 Å². The molecule has 2 fully saturated rings. The summed E-state index contributed by atoms with van der Waals surface area (Å²) in [6.45, 7) is -6.34. The summed E-state index contributed by atoms with van der Waals surface area (Å²) in [5.74, 6) is -1.58. The Kier molecular flexibility index (Phi) is 10.9. The molecule has 2 aliphatic carbocycles. The van der Waals surface area contributed by atoms with Gasteiger partial charge in [0.15, 0.2) is 23.0 Å². The normalized spacial score (nSPS) is 16.0. The van der Waals surface area contributed by atoms with E-state index in [1.807, 2.05) is 0 Å². The van der Waals surface area contributed by atoms with Gasteiger partial charge in [-0.1, -0.05) is 23.2 Å². The Morgan fingerprint density at radius 1 is 0.733 bits per heavy atom. The molecule has 0 saturated heterocycles. The van der Waals surface area contributed by atoms with E-state index in [4.69, 9.17) is 42.1 Å². The number of hydrogen-bond donors (Lipinski definition) is 0. The van der Waals surface area contributed by atoms with Crippen LogP contribution in [0.4, 0.5) is 17.6 Å². The van der Waals surface area contributed by atoms with Crippen LogP contribution in [0.1, 0.15) is 72.9 Å². The van der Waals surface area contributed by atoms with Crippen molar-refractivity contribution in [2.75, 3.05) is 0 Å². The van der Waals surface area contributed by atoms with E-state index >= 15 is 0 Å². The van der Waals surface area contributed by atoms with Crippen LogP contribution in [-0.2, 0) is 4.74 Å². The minimum absolute atomic E-state index is 0.0662. The van der Waals surface area contributed by atoms with E-state index in [2.05, 4.69) is 9.72 Å². The first-order valence-electron chi connectivity index (χ1n) is 14.4. The van der Waals surface area contributed by atoms with Crippen molar-refractivity contribution in [3.63, 3.8) is 0 Å². The Morgan fingerprint density at radius 2 is 1.20 bits per heavy atom.